The van der Waals surface area contributed by atoms with Gasteiger partial charge in [-0.05, 0) is 31.8 Å². The van der Waals surface area contributed by atoms with Crippen LogP contribution in [0.4, 0.5) is 0 Å². The fourth-order valence-corrected chi connectivity index (χ4v) is 4.52. The van der Waals surface area contributed by atoms with Gasteiger partial charge in [0.05, 0.1) is 6.26 Å². The summed E-state index contributed by atoms with van der Waals surface area (Å²) in [7, 11) is 0. The first-order chi connectivity index (χ1) is 15.8. The smallest absolute Gasteiger partial charge is 0.116 e. The van der Waals surface area contributed by atoms with Gasteiger partial charge in [-0.25, -0.2) is 0 Å². The molecule has 1 atom stereocenters. The molecule has 0 aromatic carbocycles. The minimum absolute atomic E-state index is 0.236. The third-order valence-corrected chi connectivity index (χ3v) is 6.69. The topological polar surface area (TPSA) is 9.23 Å². The van der Waals surface area contributed by atoms with Crippen LogP contribution >= 0.6 is 0 Å². The predicted molar refractivity (Wildman–Crippen MR) is 146 cm³/mol. The maximum atomic E-state index is 5.68. The van der Waals surface area contributed by atoms with Crippen LogP contribution in [0.15, 0.2) is 25.0 Å². The first kappa shape index (κ1) is 31.3. The molecule has 0 saturated carbocycles. The highest BCUT2D eigenvalue weighted by atomic mass is 16.5. The van der Waals surface area contributed by atoms with E-state index in [-0.39, 0.29) is 6.10 Å². The molecule has 0 aromatic heterocycles. The van der Waals surface area contributed by atoms with Crippen LogP contribution in [-0.2, 0) is 4.74 Å². The molecule has 0 spiro atoms. The van der Waals surface area contributed by atoms with Crippen molar-refractivity contribution in [3.63, 3.8) is 0 Å². The second kappa shape index (κ2) is 28.3. The summed E-state index contributed by atoms with van der Waals surface area (Å²) in [5.41, 5.74) is 0. The normalized spacial score (nSPS) is 12.4. The molecular formula is C31H60O. The van der Waals surface area contributed by atoms with Gasteiger partial charge >= 0.3 is 0 Å². The molecule has 0 radical (unpaired) electrons. The molecule has 0 rings (SSSR count). The predicted octanol–water partition coefficient (Wildman–Crippen LogP) is 11.5. The third-order valence-electron chi connectivity index (χ3n) is 6.69. The van der Waals surface area contributed by atoms with Crippen molar-refractivity contribution in [2.45, 2.75) is 174 Å². The van der Waals surface area contributed by atoms with Crippen LogP contribution < -0.4 is 0 Å². The Balaban J connectivity index is 3.38. The molecule has 1 nitrogen and oxygen atoms in total. The van der Waals surface area contributed by atoms with E-state index < -0.39 is 0 Å². The van der Waals surface area contributed by atoms with Gasteiger partial charge in [-0.3, -0.25) is 0 Å². The molecule has 32 heavy (non-hydrogen) atoms. The van der Waals surface area contributed by atoms with Gasteiger partial charge in [0.15, 0.2) is 0 Å². The Kier molecular flexibility index (Phi) is 27.7. The summed E-state index contributed by atoms with van der Waals surface area (Å²) in [6, 6.07) is 0. The Morgan fingerprint density at radius 3 is 1.31 bits per heavy atom. The van der Waals surface area contributed by atoms with Crippen LogP contribution in [0.25, 0.3) is 0 Å². The van der Waals surface area contributed by atoms with Crippen molar-refractivity contribution in [2.75, 3.05) is 0 Å². The number of ether oxygens (including phenoxy) is 1. The zero-order valence-electron chi connectivity index (χ0n) is 22.4. The largest absolute Gasteiger partial charge is 0.495 e. The third kappa shape index (κ3) is 25.5. The van der Waals surface area contributed by atoms with E-state index in [1.54, 1.807) is 6.26 Å². The molecule has 1 unspecified atom stereocenters. The van der Waals surface area contributed by atoms with Crippen LogP contribution in [0.1, 0.15) is 168 Å². The molecule has 0 aliphatic heterocycles. The number of hydrogen-bond acceptors (Lipinski definition) is 1. The summed E-state index contributed by atoms with van der Waals surface area (Å²) in [4.78, 5) is 0. The molecule has 0 aromatic rings. The van der Waals surface area contributed by atoms with Crippen LogP contribution in [0.5, 0.6) is 0 Å². The van der Waals surface area contributed by atoms with Gasteiger partial charge in [0.2, 0.25) is 0 Å². The Morgan fingerprint density at radius 1 is 0.531 bits per heavy atom. The van der Waals surface area contributed by atoms with E-state index in [0.717, 1.165) is 6.42 Å². The van der Waals surface area contributed by atoms with E-state index in [9.17, 15) is 0 Å². The van der Waals surface area contributed by atoms with Crippen LogP contribution in [0.3, 0.4) is 0 Å². The lowest BCUT2D eigenvalue weighted by Crippen LogP contribution is -2.05. The maximum Gasteiger partial charge on any atom is 0.116 e. The minimum atomic E-state index is 0.236. The molecule has 0 N–H and O–H groups in total. The van der Waals surface area contributed by atoms with Gasteiger partial charge in [0.25, 0.3) is 0 Å². The summed E-state index contributed by atoms with van der Waals surface area (Å²) < 4.78 is 5.68. The van der Waals surface area contributed by atoms with E-state index in [4.69, 9.17) is 4.74 Å². The van der Waals surface area contributed by atoms with Crippen molar-refractivity contribution in [3.05, 3.63) is 25.0 Å². The summed E-state index contributed by atoms with van der Waals surface area (Å²) in [6.45, 7) is 8.32. The van der Waals surface area contributed by atoms with Gasteiger partial charge in [0.1, 0.15) is 6.10 Å². The Bertz CT molecular complexity index is 373. The number of hydrogen-bond donors (Lipinski definition) is 0. The van der Waals surface area contributed by atoms with Crippen LogP contribution in [0, 0.1) is 0 Å². The molecule has 0 aliphatic carbocycles. The highest BCUT2D eigenvalue weighted by molar-refractivity contribution is 4.90. The monoisotopic (exact) mass is 448 g/mol. The highest BCUT2D eigenvalue weighted by Gasteiger charge is 2.03. The lowest BCUT2D eigenvalue weighted by atomic mass is 10.0. The lowest BCUT2D eigenvalue weighted by molar-refractivity contribution is 0.175. The molecule has 1 heteroatoms. The van der Waals surface area contributed by atoms with Crippen molar-refractivity contribution in [1.82, 2.24) is 0 Å². The quantitative estimate of drug-likeness (QED) is 0.0689. The minimum Gasteiger partial charge on any atom is -0.495 e. The SMILES string of the molecule is C=COC(/C=C/CCCCCCCCCCCCCCCCCC)CCCCCCCC. The molecule has 0 aliphatic rings. The van der Waals surface area contributed by atoms with Gasteiger partial charge in [-0.15, -0.1) is 0 Å². The molecule has 0 saturated heterocycles. The zero-order valence-corrected chi connectivity index (χ0v) is 22.4. The van der Waals surface area contributed by atoms with E-state index in [0.29, 0.717) is 0 Å². The molecular weight excluding hydrogens is 388 g/mol. The van der Waals surface area contributed by atoms with E-state index in [1.807, 2.05) is 0 Å². The van der Waals surface area contributed by atoms with Gasteiger partial charge in [0, 0.05) is 0 Å². The van der Waals surface area contributed by atoms with E-state index in [1.165, 1.54) is 148 Å². The average Bonchev–Trinajstić information content (AvgIpc) is 2.80. The Hall–Kier alpha value is -0.720. The second-order valence-corrected chi connectivity index (χ2v) is 9.92. The molecule has 0 fully saturated rings. The highest BCUT2D eigenvalue weighted by Crippen LogP contribution is 2.15. The number of unbranched alkanes of at least 4 members (excludes halogenated alkanes) is 21. The summed E-state index contributed by atoms with van der Waals surface area (Å²) in [5.74, 6) is 0. The zero-order chi connectivity index (χ0) is 23.4. The first-order valence-electron chi connectivity index (χ1n) is 14.8. The lowest BCUT2D eigenvalue weighted by Gasteiger charge is -2.12. The molecule has 0 heterocycles. The van der Waals surface area contributed by atoms with E-state index in [2.05, 4.69) is 32.6 Å². The Labute approximate surface area is 203 Å². The number of rotatable bonds is 27. The fourth-order valence-electron chi connectivity index (χ4n) is 4.52. The van der Waals surface area contributed by atoms with Crippen LogP contribution in [-0.4, -0.2) is 6.10 Å². The molecule has 0 bridgehead atoms. The van der Waals surface area contributed by atoms with Crippen molar-refractivity contribution in [1.29, 1.82) is 0 Å². The average molecular weight is 449 g/mol. The van der Waals surface area contributed by atoms with Crippen molar-refractivity contribution in [3.8, 4) is 0 Å². The van der Waals surface area contributed by atoms with Crippen molar-refractivity contribution < 1.29 is 4.74 Å². The van der Waals surface area contributed by atoms with Crippen molar-refractivity contribution in [2.24, 2.45) is 0 Å². The van der Waals surface area contributed by atoms with Gasteiger partial charge in [-0.2, -0.15) is 0 Å². The molecule has 0 amide bonds. The fraction of sp³-hybridized carbons (Fsp3) is 0.871. The van der Waals surface area contributed by atoms with Crippen LogP contribution in [0.2, 0.25) is 0 Å². The summed E-state index contributed by atoms with van der Waals surface area (Å²) in [5, 5.41) is 0. The van der Waals surface area contributed by atoms with Gasteiger partial charge in [-0.1, -0.05) is 155 Å². The van der Waals surface area contributed by atoms with Crippen molar-refractivity contribution >= 4 is 0 Å². The Morgan fingerprint density at radius 2 is 0.906 bits per heavy atom. The summed E-state index contributed by atoms with van der Waals surface area (Å²) in [6.07, 6.45) is 39.8. The first-order valence-corrected chi connectivity index (χ1v) is 14.8. The summed E-state index contributed by atoms with van der Waals surface area (Å²) >= 11 is 0. The molecule has 190 valence electrons. The second-order valence-electron chi connectivity index (χ2n) is 9.92. The van der Waals surface area contributed by atoms with E-state index >= 15 is 0 Å². The maximum absolute atomic E-state index is 5.68. The number of allylic oxidation sites excluding steroid dienone is 1. The standard InChI is InChI=1S/C31H60O/c1-4-7-9-11-13-14-15-16-17-18-19-20-21-22-23-24-26-28-30-31(32-6-3)29-27-25-12-10-8-5-2/h6,28,30-31H,3-5,7-27,29H2,1-2H3/b30-28+. The van der Waals surface area contributed by atoms with Gasteiger partial charge < -0.3 is 4.74 Å².